The third-order valence-corrected chi connectivity index (χ3v) is 10.1. The van der Waals surface area contributed by atoms with Gasteiger partial charge in [0, 0.05) is 19.0 Å². The second-order valence-corrected chi connectivity index (χ2v) is 13.9. The Balaban J connectivity index is 1.83. The summed E-state index contributed by atoms with van der Waals surface area (Å²) in [5.74, 6) is -0.501. The summed E-state index contributed by atoms with van der Waals surface area (Å²) in [6.07, 6.45) is 0.941. The van der Waals surface area contributed by atoms with Crippen LogP contribution < -0.4 is 14.4 Å². The Hall–Kier alpha value is -4.34. The molecule has 4 rings (SSSR count). The van der Waals surface area contributed by atoms with Crippen LogP contribution in [0.25, 0.3) is 0 Å². The number of carbonyl (C=O) groups excluding carboxylic acids is 2. The number of sulfonamides is 1. The van der Waals surface area contributed by atoms with Gasteiger partial charge in [0.1, 0.15) is 18.3 Å². The van der Waals surface area contributed by atoms with Gasteiger partial charge in [-0.1, -0.05) is 96.4 Å². The molecular formula is C37H42ClN3O5S. The van der Waals surface area contributed by atoms with Crippen molar-refractivity contribution in [3.63, 3.8) is 0 Å². The normalized spacial score (nSPS) is 12.6. The number of nitrogens with zero attached hydrogens (tertiary/aromatic N) is 2. The Bertz CT molecular complexity index is 1780. The molecule has 0 spiro atoms. The predicted octanol–water partition coefficient (Wildman–Crippen LogP) is 6.72. The Labute approximate surface area is 283 Å². The number of halogens is 1. The van der Waals surface area contributed by atoms with Crippen LogP contribution >= 0.6 is 11.6 Å². The van der Waals surface area contributed by atoms with Crippen LogP contribution in [-0.2, 0) is 32.6 Å². The average Bonchev–Trinajstić information content (AvgIpc) is 3.05. The van der Waals surface area contributed by atoms with Crippen molar-refractivity contribution in [2.24, 2.45) is 0 Å². The van der Waals surface area contributed by atoms with Crippen molar-refractivity contribution in [1.29, 1.82) is 0 Å². The van der Waals surface area contributed by atoms with Crippen molar-refractivity contribution in [2.75, 3.05) is 18.0 Å². The standard InChI is InChI=1S/C37H42ClN3O5S/c1-6-28(4)39-37(43)34(22-29-12-8-7-9-13-29)40(24-30-14-10-11-27(3)21-30)36(42)25-41(31-17-20-35(46-5)33(38)23-31)47(44,45)32-18-15-26(2)16-19-32/h7-21,23,28,34H,6,22,24-25H2,1-5H3,(H,39,43)/t28-,34-/m1/s1. The minimum atomic E-state index is -4.26. The van der Waals surface area contributed by atoms with Crippen LogP contribution in [0.15, 0.2) is 102 Å². The van der Waals surface area contributed by atoms with Crippen molar-refractivity contribution < 1.29 is 22.7 Å². The number of carbonyl (C=O) groups is 2. The van der Waals surface area contributed by atoms with Gasteiger partial charge in [0.15, 0.2) is 0 Å². The lowest BCUT2D eigenvalue weighted by atomic mass is 10.0. The molecule has 2 amide bonds. The molecule has 0 heterocycles. The molecule has 1 N–H and O–H groups in total. The molecule has 0 fully saturated rings. The van der Waals surface area contributed by atoms with Crippen LogP contribution in [0, 0.1) is 13.8 Å². The van der Waals surface area contributed by atoms with E-state index in [1.165, 1.54) is 30.2 Å². The summed E-state index contributed by atoms with van der Waals surface area (Å²) in [5, 5.41) is 3.24. The van der Waals surface area contributed by atoms with Gasteiger partial charge in [0.25, 0.3) is 10.0 Å². The number of hydrogen-bond donors (Lipinski definition) is 1. The number of rotatable bonds is 14. The second kappa shape index (κ2) is 16.0. The number of hydrogen-bond acceptors (Lipinski definition) is 5. The zero-order valence-corrected chi connectivity index (χ0v) is 29.0. The lowest BCUT2D eigenvalue weighted by Gasteiger charge is -2.34. The molecule has 2 atom stereocenters. The first-order valence-electron chi connectivity index (χ1n) is 15.5. The topological polar surface area (TPSA) is 96.0 Å². The fourth-order valence-electron chi connectivity index (χ4n) is 5.18. The van der Waals surface area contributed by atoms with Crippen molar-refractivity contribution in [3.8, 4) is 5.75 Å². The molecule has 0 radical (unpaired) electrons. The Morgan fingerprint density at radius 2 is 1.55 bits per heavy atom. The van der Waals surface area contributed by atoms with Gasteiger partial charge in [-0.3, -0.25) is 13.9 Å². The first-order valence-corrected chi connectivity index (χ1v) is 17.4. The number of methoxy groups -OCH3 is 1. The fraction of sp³-hybridized carbons (Fsp3) is 0.297. The van der Waals surface area contributed by atoms with Gasteiger partial charge in [-0.15, -0.1) is 0 Å². The van der Waals surface area contributed by atoms with Gasteiger partial charge in [0.2, 0.25) is 11.8 Å². The number of benzene rings is 4. The van der Waals surface area contributed by atoms with Crippen molar-refractivity contribution in [1.82, 2.24) is 10.2 Å². The second-order valence-electron chi connectivity index (χ2n) is 11.7. The van der Waals surface area contributed by atoms with Crippen molar-refractivity contribution in [3.05, 3.63) is 124 Å². The third kappa shape index (κ3) is 9.14. The maximum absolute atomic E-state index is 14.6. The fourth-order valence-corrected chi connectivity index (χ4v) is 6.84. The van der Waals surface area contributed by atoms with Crippen LogP contribution in [-0.4, -0.2) is 50.9 Å². The monoisotopic (exact) mass is 675 g/mol. The molecule has 47 heavy (non-hydrogen) atoms. The molecule has 0 bridgehead atoms. The highest BCUT2D eigenvalue weighted by Gasteiger charge is 2.35. The molecule has 0 aliphatic heterocycles. The summed E-state index contributed by atoms with van der Waals surface area (Å²) in [6, 6.07) is 27.1. The number of aryl methyl sites for hydroxylation is 2. The van der Waals surface area contributed by atoms with Gasteiger partial charge in [-0.2, -0.15) is 0 Å². The third-order valence-electron chi connectivity index (χ3n) is 8.02. The first kappa shape index (κ1) is 35.5. The van der Waals surface area contributed by atoms with Gasteiger partial charge in [-0.25, -0.2) is 8.42 Å². The minimum absolute atomic E-state index is 0.0171. The summed E-state index contributed by atoms with van der Waals surface area (Å²) < 4.78 is 34.8. The molecule has 4 aromatic rings. The molecule has 4 aromatic carbocycles. The maximum atomic E-state index is 14.6. The van der Waals surface area contributed by atoms with E-state index < -0.39 is 28.5 Å². The van der Waals surface area contributed by atoms with Crippen LogP contribution in [0.2, 0.25) is 5.02 Å². The number of ether oxygens (including phenoxy) is 1. The van der Waals surface area contributed by atoms with Crippen molar-refractivity contribution in [2.45, 2.75) is 64.1 Å². The van der Waals surface area contributed by atoms with E-state index in [-0.39, 0.29) is 40.5 Å². The summed E-state index contributed by atoms with van der Waals surface area (Å²) in [4.78, 5) is 30.1. The van der Waals surface area contributed by atoms with E-state index in [0.29, 0.717) is 12.2 Å². The van der Waals surface area contributed by atoms with Gasteiger partial charge < -0.3 is 15.0 Å². The molecule has 10 heteroatoms. The zero-order chi connectivity index (χ0) is 34.1. The van der Waals surface area contributed by atoms with E-state index in [4.69, 9.17) is 16.3 Å². The van der Waals surface area contributed by atoms with Gasteiger partial charge in [-0.05, 0) is 68.7 Å². The van der Waals surface area contributed by atoms with Gasteiger partial charge in [0.05, 0.1) is 22.7 Å². The molecule has 248 valence electrons. The minimum Gasteiger partial charge on any atom is -0.495 e. The Morgan fingerprint density at radius 3 is 2.17 bits per heavy atom. The van der Waals surface area contributed by atoms with Crippen LogP contribution in [0.5, 0.6) is 5.75 Å². The molecule has 0 saturated carbocycles. The summed E-state index contributed by atoms with van der Waals surface area (Å²) in [7, 11) is -2.79. The molecule has 0 aromatic heterocycles. The highest BCUT2D eigenvalue weighted by atomic mass is 35.5. The Kier molecular flexibility index (Phi) is 12.1. The number of amides is 2. The smallest absolute Gasteiger partial charge is 0.264 e. The lowest BCUT2D eigenvalue weighted by molar-refractivity contribution is -0.140. The maximum Gasteiger partial charge on any atom is 0.264 e. The molecule has 8 nitrogen and oxygen atoms in total. The van der Waals surface area contributed by atoms with E-state index in [1.807, 2.05) is 82.3 Å². The molecule has 0 aliphatic rings. The SMILES string of the molecule is CC[C@@H](C)NC(=O)[C@@H](Cc1ccccc1)N(Cc1cccc(C)c1)C(=O)CN(c1ccc(OC)c(Cl)c1)S(=O)(=O)c1ccc(C)cc1. The Morgan fingerprint density at radius 1 is 0.872 bits per heavy atom. The summed E-state index contributed by atoms with van der Waals surface area (Å²) in [6.45, 7) is 7.21. The molecular weight excluding hydrogens is 634 g/mol. The number of anilines is 1. The van der Waals surface area contributed by atoms with E-state index >= 15 is 0 Å². The number of nitrogens with one attached hydrogen (secondary N) is 1. The summed E-state index contributed by atoms with van der Waals surface area (Å²) >= 11 is 6.46. The predicted molar refractivity (Wildman–Crippen MR) is 187 cm³/mol. The zero-order valence-electron chi connectivity index (χ0n) is 27.4. The highest BCUT2D eigenvalue weighted by Crippen LogP contribution is 2.32. The first-order chi connectivity index (χ1) is 22.4. The van der Waals surface area contributed by atoms with E-state index in [2.05, 4.69) is 5.32 Å². The largest absolute Gasteiger partial charge is 0.495 e. The molecule has 0 aliphatic carbocycles. The average molecular weight is 676 g/mol. The lowest BCUT2D eigenvalue weighted by Crippen LogP contribution is -2.54. The highest BCUT2D eigenvalue weighted by molar-refractivity contribution is 7.92. The van der Waals surface area contributed by atoms with Crippen LogP contribution in [0.3, 0.4) is 0 Å². The summed E-state index contributed by atoms with van der Waals surface area (Å²) in [5.41, 5.74) is 3.75. The van der Waals surface area contributed by atoms with E-state index in [0.717, 1.165) is 26.6 Å². The van der Waals surface area contributed by atoms with Crippen molar-refractivity contribution >= 4 is 39.1 Å². The molecule has 0 saturated heterocycles. The van der Waals surface area contributed by atoms with Crippen LogP contribution in [0.4, 0.5) is 5.69 Å². The quantitative estimate of drug-likeness (QED) is 0.160. The molecule has 0 unspecified atom stereocenters. The van der Waals surface area contributed by atoms with E-state index in [1.54, 1.807) is 24.3 Å². The van der Waals surface area contributed by atoms with Crippen LogP contribution in [0.1, 0.15) is 42.5 Å². The van der Waals surface area contributed by atoms with Gasteiger partial charge >= 0.3 is 0 Å². The van der Waals surface area contributed by atoms with E-state index in [9.17, 15) is 18.0 Å².